The van der Waals surface area contributed by atoms with E-state index in [9.17, 15) is 0 Å². The van der Waals surface area contributed by atoms with E-state index in [2.05, 4.69) is 266 Å². The lowest BCUT2D eigenvalue weighted by molar-refractivity contribution is 0.912. The van der Waals surface area contributed by atoms with Crippen LogP contribution in [-0.2, 0) is 32.1 Å². The van der Waals surface area contributed by atoms with Crippen LogP contribution in [0.2, 0.25) is 0 Å². The van der Waals surface area contributed by atoms with E-state index < -0.39 is 0 Å². The van der Waals surface area contributed by atoms with Crippen molar-refractivity contribution in [2.75, 3.05) is 4.90 Å². The number of allylic oxidation sites excluding steroid dienone is 5. The summed E-state index contributed by atoms with van der Waals surface area (Å²) < 4.78 is 2.44. The average molecular weight is 1160 g/mol. The second-order valence-corrected chi connectivity index (χ2v) is 22.0. The van der Waals surface area contributed by atoms with Crippen molar-refractivity contribution in [3.63, 3.8) is 0 Å². The molecule has 0 spiro atoms. The average Bonchev–Trinajstić information content (AvgIpc) is 1.68. The fraction of sp³-hybridized carbons (Fsp3) is 0.195. The van der Waals surface area contributed by atoms with Gasteiger partial charge in [0, 0.05) is 33.5 Å². The van der Waals surface area contributed by atoms with Gasteiger partial charge in [-0.25, -0.2) is 0 Å². The summed E-state index contributed by atoms with van der Waals surface area (Å²) in [6.07, 6.45) is 13.0. The summed E-state index contributed by atoms with van der Waals surface area (Å²) in [4.78, 5) is 2.45. The van der Waals surface area contributed by atoms with Crippen molar-refractivity contribution in [2.45, 2.75) is 115 Å². The first-order valence-electron chi connectivity index (χ1n) is 33.1. The van der Waals surface area contributed by atoms with Crippen molar-refractivity contribution in [1.82, 2.24) is 4.57 Å². The second kappa shape index (κ2) is 29.0. The molecule has 0 amide bonds. The maximum absolute atomic E-state index is 3.97. The quantitative estimate of drug-likeness (QED) is 0.138. The SMILES string of the molecule is C=C/C=C\C1=C(C)Cc2ccc3cc4c(cc3c21)c1cc(-c2cccc(-c3ccc(N(c5ccc6c(c5)Cc5ccccc5-6)c5ccc6c(c5)Cc5ccccc5-6)cc3)c2)ccc1n4-c1ccccc1.CC.CC.CC.CC.CC.c1ccc2c(c1)CCC2. The van der Waals surface area contributed by atoms with Gasteiger partial charge in [-0.2, -0.15) is 0 Å². The molecule has 2 heteroatoms. The van der Waals surface area contributed by atoms with Crippen LogP contribution in [0.15, 0.2) is 261 Å². The number of para-hydroxylation sites is 1. The number of hydrogen-bond acceptors (Lipinski definition) is 1. The van der Waals surface area contributed by atoms with E-state index >= 15 is 0 Å². The van der Waals surface area contributed by atoms with Crippen LogP contribution in [-0.4, -0.2) is 4.57 Å². The molecule has 0 aliphatic heterocycles. The van der Waals surface area contributed by atoms with E-state index in [1.807, 2.05) is 75.3 Å². The number of benzene rings is 11. The van der Waals surface area contributed by atoms with E-state index in [1.54, 1.807) is 11.1 Å². The third-order valence-corrected chi connectivity index (χ3v) is 17.3. The van der Waals surface area contributed by atoms with Crippen molar-refractivity contribution in [3.05, 3.63) is 305 Å². The molecule has 0 fully saturated rings. The van der Waals surface area contributed by atoms with Crippen LogP contribution in [0, 0.1) is 0 Å². The van der Waals surface area contributed by atoms with Crippen molar-refractivity contribution < 1.29 is 0 Å². The summed E-state index contributed by atoms with van der Waals surface area (Å²) in [5, 5.41) is 5.06. The molecule has 4 aliphatic rings. The molecule has 16 rings (SSSR count). The Morgan fingerprint density at radius 3 is 1.47 bits per heavy atom. The molecule has 0 saturated carbocycles. The van der Waals surface area contributed by atoms with Crippen LogP contribution in [0.3, 0.4) is 0 Å². The van der Waals surface area contributed by atoms with E-state index in [0.717, 1.165) is 30.6 Å². The van der Waals surface area contributed by atoms with Crippen LogP contribution in [0.5, 0.6) is 0 Å². The molecular formula is C87H88N2. The molecule has 2 nitrogen and oxygen atoms in total. The highest BCUT2D eigenvalue weighted by molar-refractivity contribution is 6.16. The predicted molar refractivity (Wildman–Crippen MR) is 391 cm³/mol. The van der Waals surface area contributed by atoms with Gasteiger partial charge in [0.05, 0.1) is 11.0 Å². The molecule has 0 unspecified atom stereocenters. The van der Waals surface area contributed by atoms with Gasteiger partial charge in [0.1, 0.15) is 0 Å². The Balaban J connectivity index is 0.000000405. The summed E-state index contributed by atoms with van der Waals surface area (Å²) in [5.74, 6) is 0. The van der Waals surface area contributed by atoms with Gasteiger partial charge in [0.25, 0.3) is 0 Å². The number of rotatable bonds is 8. The van der Waals surface area contributed by atoms with Crippen molar-refractivity contribution in [1.29, 1.82) is 0 Å². The highest BCUT2D eigenvalue weighted by Gasteiger charge is 2.25. The van der Waals surface area contributed by atoms with Crippen LogP contribution in [0.25, 0.3) is 88.3 Å². The Morgan fingerprint density at radius 2 is 0.876 bits per heavy atom. The molecule has 0 radical (unpaired) electrons. The fourth-order valence-electron chi connectivity index (χ4n) is 13.6. The Kier molecular flexibility index (Phi) is 20.4. The first kappa shape index (κ1) is 62.5. The summed E-state index contributed by atoms with van der Waals surface area (Å²) >= 11 is 0. The minimum Gasteiger partial charge on any atom is -0.310 e. The monoisotopic (exact) mass is 1160 g/mol. The standard InChI is InChI=1S/C68H48N2.C9H10.5C2H6/c1-3-4-19-58-43(2)34-51-23-22-50-41-67-65(42-63(50)68(51)58)64-40-47(26-33-66(64)70(67)54-17-6-5-7-18-54)46-16-12-15-45(35-46)44-24-27-55(28-25-44)69(56-29-31-61-52(38-56)36-48-13-8-10-20-59(48)61)57-30-32-62-53(39-57)37-49-14-9-11-21-60(49)62;1-2-5-9-7-3-6-8(9)4-1;5*1-2/h3-33,35,38-42H,1,34,36-37H2,2H3;1-2,4-5H,3,6-7H2;5*1-2H3/b19-4-;;;;;;. The number of anilines is 3. The largest absolute Gasteiger partial charge is 0.310 e. The highest BCUT2D eigenvalue weighted by atomic mass is 15.1. The Labute approximate surface area is 531 Å². The molecule has 0 N–H and O–H groups in total. The molecule has 1 heterocycles. The molecule has 0 saturated heterocycles. The number of nitrogens with zero attached hydrogens (tertiary/aromatic N) is 2. The second-order valence-electron chi connectivity index (χ2n) is 22.0. The van der Waals surface area contributed by atoms with Crippen LogP contribution < -0.4 is 4.90 Å². The number of aryl methyl sites for hydroxylation is 2. The molecule has 1 aromatic heterocycles. The van der Waals surface area contributed by atoms with E-state index in [1.165, 1.54) is 152 Å². The number of fused-ring (bicyclic) bond motifs is 13. The van der Waals surface area contributed by atoms with Gasteiger partial charge >= 0.3 is 0 Å². The lowest BCUT2D eigenvalue weighted by atomic mass is 9.94. The molecule has 12 aromatic rings. The highest BCUT2D eigenvalue weighted by Crippen LogP contribution is 2.47. The van der Waals surface area contributed by atoms with Gasteiger partial charge in [-0.3, -0.25) is 0 Å². The molecular weight excluding hydrogens is 1070 g/mol. The van der Waals surface area contributed by atoms with Gasteiger partial charge in [-0.15, -0.1) is 0 Å². The summed E-state index contributed by atoms with van der Waals surface area (Å²) in [5.41, 5.74) is 31.4. The van der Waals surface area contributed by atoms with Gasteiger partial charge in [-0.05, 0) is 230 Å². The molecule has 446 valence electrons. The molecule has 0 atom stereocenters. The topological polar surface area (TPSA) is 8.17 Å². The van der Waals surface area contributed by atoms with Crippen molar-refractivity contribution >= 4 is 55.2 Å². The predicted octanol–water partition coefficient (Wildman–Crippen LogP) is 25.3. The van der Waals surface area contributed by atoms with E-state index in [-0.39, 0.29) is 0 Å². The first-order valence-corrected chi connectivity index (χ1v) is 33.1. The summed E-state index contributed by atoms with van der Waals surface area (Å²) in [6, 6.07) is 86.1. The molecule has 0 bridgehead atoms. The Hall–Kier alpha value is -9.50. The molecule has 11 aromatic carbocycles. The van der Waals surface area contributed by atoms with Crippen molar-refractivity contribution in [3.8, 4) is 50.2 Å². The smallest absolute Gasteiger partial charge is 0.0547 e. The van der Waals surface area contributed by atoms with Crippen LogP contribution >= 0.6 is 0 Å². The molecule has 4 aliphatic carbocycles. The zero-order valence-electron chi connectivity index (χ0n) is 54.5. The maximum Gasteiger partial charge on any atom is 0.0547 e. The summed E-state index contributed by atoms with van der Waals surface area (Å²) in [6.45, 7) is 26.2. The van der Waals surface area contributed by atoms with E-state index in [4.69, 9.17) is 0 Å². The minimum atomic E-state index is 0.953. The Bertz CT molecular complexity index is 4380. The van der Waals surface area contributed by atoms with Gasteiger partial charge in [-0.1, -0.05) is 251 Å². The fourth-order valence-corrected chi connectivity index (χ4v) is 13.6. The third kappa shape index (κ3) is 12.3. The maximum atomic E-state index is 3.97. The zero-order chi connectivity index (χ0) is 62.6. The Morgan fingerprint density at radius 1 is 0.371 bits per heavy atom. The first-order chi connectivity index (χ1) is 44.0. The third-order valence-electron chi connectivity index (χ3n) is 17.3. The van der Waals surface area contributed by atoms with Crippen molar-refractivity contribution in [2.24, 2.45) is 0 Å². The van der Waals surface area contributed by atoms with Crippen LogP contribution in [0.1, 0.15) is 127 Å². The summed E-state index contributed by atoms with van der Waals surface area (Å²) in [7, 11) is 0. The number of hydrogen-bond donors (Lipinski definition) is 0. The van der Waals surface area contributed by atoms with Gasteiger partial charge in [0.2, 0.25) is 0 Å². The lowest BCUT2D eigenvalue weighted by Gasteiger charge is -2.27. The van der Waals surface area contributed by atoms with Gasteiger partial charge < -0.3 is 9.47 Å². The molecule has 89 heavy (non-hydrogen) atoms. The van der Waals surface area contributed by atoms with Crippen LogP contribution in [0.4, 0.5) is 17.1 Å². The van der Waals surface area contributed by atoms with E-state index in [0.29, 0.717) is 0 Å². The van der Waals surface area contributed by atoms with Gasteiger partial charge in [0.15, 0.2) is 0 Å². The normalized spacial score (nSPS) is 12.3. The minimum absolute atomic E-state index is 0.953. The number of aromatic nitrogens is 1. The lowest BCUT2D eigenvalue weighted by Crippen LogP contribution is -2.10. The zero-order valence-corrected chi connectivity index (χ0v) is 54.5.